The fourth-order valence-electron chi connectivity index (χ4n) is 3.60. The van der Waals surface area contributed by atoms with E-state index in [1.54, 1.807) is 24.3 Å². The Morgan fingerprint density at radius 1 is 1.00 bits per heavy atom. The first-order valence-electron chi connectivity index (χ1n) is 7.73. The third-order valence-electron chi connectivity index (χ3n) is 4.83. The summed E-state index contributed by atoms with van der Waals surface area (Å²) in [5.74, 6) is 0.163. The van der Waals surface area contributed by atoms with E-state index >= 15 is 0 Å². The van der Waals surface area contributed by atoms with Crippen LogP contribution < -0.4 is 0 Å². The number of rotatable bonds is 2. The maximum Gasteiger partial charge on any atom is 0.236 e. The lowest BCUT2D eigenvalue weighted by Gasteiger charge is -2.25. The van der Waals surface area contributed by atoms with Gasteiger partial charge in [-0.2, -0.15) is 0 Å². The number of phenols is 1. The van der Waals surface area contributed by atoms with E-state index in [0.717, 1.165) is 31.2 Å². The van der Waals surface area contributed by atoms with Crippen LogP contribution in [0.2, 0.25) is 0 Å². The topological polar surface area (TPSA) is 57.6 Å². The van der Waals surface area contributed by atoms with E-state index in [9.17, 15) is 14.7 Å². The Hall–Kier alpha value is -1.84. The van der Waals surface area contributed by atoms with Gasteiger partial charge in [-0.3, -0.25) is 14.5 Å². The van der Waals surface area contributed by atoms with Gasteiger partial charge in [-0.05, 0) is 30.5 Å². The zero-order valence-corrected chi connectivity index (χ0v) is 12.2. The number of aromatic hydroxyl groups is 1. The second-order valence-corrected chi connectivity index (χ2v) is 6.32. The number of benzene rings is 1. The first kappa shape index (κ1) is 14.1. The fourth-order valence-corrected chi connectivity index (χ4v) is 3.60. The summed E-state index contributed by atoms with van der Waals surface area (Å²) in [7, 11) is 0. The lowest BCUT2D eigenvalue weighted by molar-refractivity contribution is -0.142. The summed E-state index contributed by atoms with van der Waals surface area (Å²) in [6.45, 7) is 0.319. The summed E-state index contributed by atoms with van der Waals surface area (Å²) >= 11 is 0. The molecule has 2 amide bonds. The molecule has 1 aromatic carbocycles. The van der Waals surface area contributed by atoms with Gasteiger partial charge in [0.15, 0.2) is 0 Å². The normalized spacial score (nSPS) is 21.8. The van der Waals surface area contributed by atoms with Crippen molar-refractivity contribution in [3.8, 4) is 5.75 Å². The molecule has 1 aliphatic carbocycles. The monoisotopic (exact) mass is 287 g/mol. The van der Waals surface area contributed by atoms with E-state index in [-0.39, 0.29) is 17.6 Å². The van der Waals surface area contributed by atoms with Crippen LogP contribution in [0.5, 0.6) is 5.75 Å². The van der Waals surface area contributed by atoms with E-state index in [2.05, 4.69) is 0 Å². The quantitative estimate of drug-likeness (QED) is 0.851. The second kappa shape index (κ2) is 5.51. The highest BCUT2D eigenvalue weighted by Crippen LogP contribution is 2.44. The highest BCUT2D eigenvalue weighted by Gasteiger charge is 2.50. The van der Waals surface area contributed by atoms with Crippen LogP contribution in [0.25, 0.3) is 0 Å². The summed E-state index contributed by atoms with van der Waals surface area (Å²) < 4.78 is 0. The molecule has 3 rings (SSSR count). The summed E-state index contributed by atoms with van der Waals surface area (Å²) in [5.41, 5.74) is 0.449. The van der Waals surface area contributed by atoms with Crippen LogP contribution in [-0.4, -0.2) is 21.8 Å². The number of carbonyl (C=O) groups is 2. The largest absolute Gasteiger partial charge is 0.508 e. The van der Waals surface area contributed by atoms with E-state index in [1.807, 2.05) is 0 Å². The number of hydrogen-bond donors (Lipinski definition) is 1. The van der Waals surface area contributed by atoms with Gasteiger partial charge < -0.3 is 5.11 Å². The SMILES string of the molecule is O=C1CC2(CCCCCC2)C(=O)N1Cc1ccc(O)cc1. The smallest absolute Gasteiger partial charge is 0.236 e. The molecule has 1 saturated heterocycles. The molecule has 1 N–H and O–H groups in total. The van der Waals surface area contributed by atoms with Gasteiger partial charge in [-0.1, -0.05) is 37.8 Å². The molecule has 4 heteroatoms. The van der Waals surface area contributed by atoms with Crippen LogP contribution in [0.4, 0.5) is 0 Å². The van der Waals surface area contributed by atoms with Crippen LogP contribution in [0, 0.1) is 5.41 Å². The van der Waals surface area contributed by atoms with Crippen molar-refractivity contribution in [3.63, 3.8) is 0 Å². The molecule has 112 valence electrons. The lowest BCUT2D eigenvalue weighted by atomic mass is 9.79. The Labute approximate surface area is 124 Å². The highest BCUT2D eigenvalue weighted by molar-refractivity contribution is 6.05. The number of carbonyl (C=O) groups excluding carboxylic acids is 2. The predicted molar refractivity (Wildman–Crippen MR) is 78.4 cm³/mol. The molecule has 1 aliphatic heterocycles. The number of nitrogens with zero attached hydrogens (tertiary/aromatic N) is 1. The third kappa shape index (κ3) is 2.67. The summed E-state index contributed by atoms with van der Waals surface area (Å²) in [5, 5.41) is 9.30. The zero-order chi connectivity index (χ0) is 14.9. The number of amides is 2. The first-order valence-corrected chi connectivity index (χ1v) is 7.73. The maximum atomic E-state index is 12.8. The van der Waals surface area contributed by atoms with E-state index in [1.165, 1.54) is 17.7 Å². The first-order chi connectivity index (χ1) is 10.1. The van der Waals surface area contributed by atoms with Gasteiger partial charge >= 0.3 is 0 Å². The van der Waals surface area contributed by atoms with Crippen molar-refractivity contribution in [2.24, 2.45) is 5.41 Å². The van der Waals surface area contributed by atoms with Crippen LogP contribution in [0.1, 0.15) is 50.5 Å². The predicted octanol–water partition coefficient (Wildman–Crippen LogP) is 2.99. The van der Waals surface area contributed by atoms with E-state index in [0.29, 0.717) is 13.0 Å². The molecule has 2 aliphatic rings. The van der Waals surface area contributed by atoms with Crippen molar-refractivity contribution in [3.05, 3.63) is 29.8 Å². The molecule has 1 heterocycles. The minimum absolute atomic E-state index is 0.0162. The Balaban J connectivity index is 1.78. The molecule has 0 bridgehead atoms. The van der Waals surface area contributed by atoms with Gasteiger partial charge in [-0.15, -0.1) is 0 Å². The molecule has 0 aromatic heterocycles. The van der Waals surface area contributed by atoms with Gasteiger partial charge in [0.05, 0.1) is 12.0 Å². The molecule has 21 heavy (non-hydrogen) atoms. The number of hydrogen-bond acceptors (Lipinski definition) is 3. The molecule has 0 atom stereocenters. The average molecular weight is 287 g/mol. The zero-order valence-electron chi connectivity index (χ0n) is 12.2. The molecule has 2 fully saturated rings. The van der Waals surface area contributed by atoms with Crippen molar-refractivity contribution < 1.29 is 14.7 Å². The van der Waals surface area contributed by atoms with Gasteiger partial charge in [0, 0.05) is 6.42 Å². The maximum absolute atomic E-state index is 12.8. The summed E-state index contributed by atoms with van der Waals surface area (Å²) in [4.78, 5) is 26.5. The Morgan fingerprint density at radius 2 is 1.62 bits per heavy atom. The van der Waals surface area contributed by atoms with Crippen molar-refractivity contribution in [2.75, 3.05) is 0 Å². The average Bonchev–Trinajstić information content (AvgIpc) is 2.64. The summed E-state index contributed by atoms with van der Waals surface area (Å²) in [6, 6.07) is 6.69. The van der Waals surface area contributed by atoms with Gasteiger partial charge in [-0.25, -0.2) is 0 Å². The molecule has 1 spiro atoms. The molecular weight excluding hydrogens is 266 g/mol. The minimum atomic E-state index is -0.426. The van der Waals surface area contributed by atoms with Crippen molar-refractivity contribution >= 4 is 11.8 Å². The van der Waals surface area contributed by atoms with Gasteiger partial charge in [0.1, 0.15) is 5.75 Å². The molecule has 4 nitrogen and oxygen atoms in total. The van der Waals surface area contributed by atoms with Crippen LogP contribution in [0.3, 0.4) is 0 Å². The molecule has 0 unspecified atom stereocenters. The standard InChI is InChI=1S/C17H21NO3/c19-14-7-5-13(6-8-14)12-18-15(20)11-17(16(18)21)9-3-1-2-4-10-17/h5-8,19H,1-4,9-12H2. The summed E-state index contributed by atoms with van der Waals surface area (Å²) in [6.07, 6.45) is 6.51. The molecular formula is C17H21NO3. The fraction of sp³-hybridized carbons (Fsp3) is 0.529. The van der Waals surface area contributed by atoms with Crippen molar-refractivity contribution in [1.82, 2.24) is 4.90 Å². The van der Waals surface area contributed by atoms with Gasteiger partial charge in [0.2, 0.25) is 11.8 Å². The number of likely N-dealkylation sites (tertiary alicyclic amines) is 1. The highest BCUT2D eigenvalue weighted by atomic mass is 16.3. The van der Waals surface area contributed by atoms with E-state index in [4.69, 9.17) is 0 Å². The second-order valence-electron chi connectivity index (χ2n) is 6.32. The van der Waals surface area contributed by atoms with Crippen molar-refractivity contribution in [1.29, 1.82) is 0 Å². The lowest BCUT2D eigenvalue weighted by Crippen LogP contribution is -2.35. The third-order valence-corrected chi connectivity index (χ3v) is 4.83. The van der Waals surface area contributed by atoms with Gasteiger partial charge in [0.25, 0.3) is 0 Å². The molecule has 1 aromatic rings. The molecule has 1 saturated carbocycles. The van der Waals surface area contributed by atoms with Crippen LogP contribution in [0.15, 0.2) is 24.3 Å². The number of imide groups is 1. The molecule has 0 radical (unpaired) electrons. The van der Waals surface area contributed by atoms with E-state index < -0.39 is 5.41 Å². The van der Waals surface area contributed by atoms with Crippen LogP contribution >= 0.6 is 0 Å². The minimum Gasteiger partial charge on any atom is -0.508 e. The van der Waals surface area contributed by atoms with Crippen molar-refractivity contribution in [2.45, 2.75) is 51.5 Å². The Morgan fingerprint density at radius 3 is 2.24 bits per heavy atom. The van der Waals surface area contributed by atoms with Crippen LogP contribution in [-0.2, 0) is 16.1 Å². The Kier molecular flexibility index (Phi) is 3.70. The Bertz CT molecular complexity index is 542. The number of phenolic OH excluding ortho intramolecular Hbond substituents is 1.